The summed E-state index contributed by atoms with van der Waals surface area (Å²) in [6, 6.07) is 5.21. The maximum atomic E-state index is 11.1. The van der Waals surface area contributed by atoms with Crippen LogP contribution in [0.25, 0.3) is 0 Å². The molecule has 17 heavy (non-hydrogen) atoms. The van der Waals surface area contributed by atoms with E-state index < -0.39 is 5.97 Å². The van der Waals surface area contributed by atoms with Crippen LogP contribution in [0.5, 0.6) is 5.75 Å². The van der Waals surface area contributed by atoms with Crippen molar-refractivity contribution in [2.24, 2.45) is 0 Å². The van der Waals surface area contributed by atoms with Gasteiger partial charge in [-0.2, -0.15) is 0 Å². The molecule has 1 aromatic carbocycles. The number of hydrogen-bond acceptors (Lipinski definition) is 3. The molecule has 0 aromatic heterocycles. The van der Waals surface area contributed by atoms with Gasteiger partial charge in [-0.05, 0) is 18.6 Å². The van der Waals surface area contributed by atoms with E-state index in [4.69, 9.17) is 9.84 Å². The quantitative estimate of drug-likeness (QED) is 0.810. The van der Waals surface area contributed by atoms with Crippen molar-refractivity contribution in [2.75, 3.05) is 24.6 Å². The normalized spacial score (nSPS) is 13.8. The van der Waals surface area contributed by atoms with E-state index in [0.717, 1.165) is 25.2 Å². The molecule has 4 heteroatoms. The number of hydrogen-bond donors (Lipinski definition) is 1. The minimum absolute atomic E-state index is 0.228. The second kappa shape index (κ2) is 4.91. The van der Waals surface area contributed by atoms with Gasteiger partial charge < -0.3 is 14.7 Å². The molecule has 90 valence electrons. The van der Waals surface area contributed by atoms with E-state index >= 15 is 0 Å². The summed E-state index contributed by atoms with van der Waals surface area (Å²) in [5.41, 5.74) is 1.09. The van der Waals surface area contributed by atoms with Crippen molar-refractivity contribution in [2.45, 2.75) is 6.42 Å². The van der Waals surface area contributed by atoms with Crippen molar-refractivity contribution in [3.05, 3.63) is 36.4 Å². The number of nitrogens with zero attached hydrogens (tertiary/aromatic N) is 1. The van der Waals surface area contributed by atoms with Crippen molar-refractivity contribution in [1.29, 1.82) is 0 Å². The molecule has 1 aliphatic rings. The zero-order valence-corrected chi connectivity index (χ0v) is 9.56. The molecule has 2 rings (SSSR count). The summed E-state index contributed by atoms with van der Waals surface area (Å²) in [6.45, 7) is 5.83. The molecule has 0 aliphatic carbocycles. The molecule has 4 nitrogen and oxygen atoms in total. The highest BCUT2D eigenvalue weighted by atomic mass is 16.5. The summed E-state index contributed by atoms with van der Waals surface area (Å²) in [7, 11) is 0. The van der Waals surface area contributed by atoms with Gasteiger partial charge in [0.05, 0.1) is 12.2 Å². The number of carboxylic acids is 1. The molecular weight excluding hydrogens is 218 g/mol. The molecule has 0 radical (unpaired) electrons. The van der Waals surface area contributed by atoms with Gasteiger partial charge in [0.15, 0.2) is 5.75 Å². The van der Waals surface area contributed by atoms with Crippen LogP contribution in [0.15, 0.2) is 30.9 Å². The number of fused-ring (bicyclic) bond motifs is 1. The molecule has 0 atom stereocenters. The summed E-state index contributed by atoms with van der Waals surface area (Å²) < 4.78 is 5.48. The summed E-state index contributed by atoms with van der Waals surface area (Å²) in [5.74, 6) is -0.470. The minimum atomic E-state index is -0.951. The number of anilines is 1. The van der Waals surface area contributed by atoms with Crippen molar-refractivity contribution < 1.29 is 14.6 Å². The molecule has 0 bridgehead atoms. The highest BCUT2D eigenvalue weighted by Gasteiger charge is 2.22. The first-order chi connectivity index (χ1) is 8.24. The third-order valence-electron chi connectivity index (χ3n) is 2.78. The zero-order valence-electron chi connectivity index (χ0n) is 9.56. The van der Waals surface area contributed by atoms with E-state index in [9.17, 15) is 4.79 Å². The van der Waals surface area contributed by atoms with Crippen LogP contribution >= 0.6 is 0 Å². The lowest BCUT2D eigenvalue weighted by atomic mass is 10.1. The van der Waals surface area contributed by atoms with Crippen molar-refractivity contribution in [3.63, 3.8) is 0 Å². The maximum Gasteiger partial charge on any atom is 0.339 e. The number of carbonyl (C=O) groups is 1. The summed E-state index contributed by atoms with van der Waals surface area (Å²) in [4.78, 5) is 13.2. The first kappa shape index (κ1) is 11.5. The number of ether oxygens (including phenoxy) is 1. The first-order valence-corrected chi connectivity index (χ1v) is 5.59. The fraction of sp³-hybridized carbons (Fsp3) is 0.308. The summed E-state index contributed by atoms with van der Waals surface area (Å²) >= 11 is 0. The number of para-hydroxylation sites is 1. The van der Waals surface area contributed by atoms with E-state index in [1.807, 2.05) is 12.1 Å². The standard InChI is InChI=1S/C13H15NO3/c1-2-3-7-14-8-9-17-12-10(13(15)16)5-4-6-11(12)14/h2,4-6H,1,3,7-9H2,(H,15,16). The Bertz CT molecular complexity index is 442. The predicted molar refractivity (Wildman–Crippen MR) is 65.9 cm³/mol. The highest BCUT2D eigenvalue weighted by Crippen LogP contribution is 2.34. The number of carboxylic acid groups (broad SMARTS) is 1. The number of benzene rings is 1. The molecule has 0 spiro atoms. The van der Waals surface area contributed by atoms with Gasteiger partial charge in [-0.3, -0.25) is 0 Å². The third kappa shape index (κ3) is 2.25. The first-order valence-electron chi connectivity index (χ1n) is 5.59. The van der Waals surface area contributed by atoms with E-state index in [-0.39, 0.29) is 5.56 Å². The van der Waals surface area contributed by atoms with Crippen LogP contribution in [-0.2, 0) is 0 Å². The van der Waals surface area contributed by atoms with Crippen LogP contribution in [0, 0.1) is 0 Å². The van der Waals surface area contributed by atoms with Crippen LogP contribution < -0.4 is 9.64 Å². The summed E-state index contributed by atoms with van der Waals surface area (Å²) in [5, 5.41) is 9.09. The molecule has 0 amide bonds. The second-order valence-corrected chi connectivity index (χ2v) is 3.87. The Kier molecular flexibility index (Phi) is 3.32. The predicted octanol–water partition coefficient (Wildman–Crippen LogP) is 2.16. The van der Waals surface area contributed by atoms with Gasteiger partial charge in [-0.25, -0.2) is 4.79 Å². The molecule has 1 aliphatic heterocycles. The Morgan fingerprint density at radius 2 is 2.41 bits per heavy atom. The van der Waals surface area contributed by atoms with Gasteiger partial charge in [0.2, 0.25) is 0 Å². The van der Waals surface area contributed by atoms with E-state index in [0.29, 0.717) is 12.4 Å². The fourth-order valence-electron chi connectivity index (χ4n) is 1.95. The molecule has 1 heterocycles. The van der Waals surface area contributed by atoms with E-state index in [2.05, 4.69) is 11.5 Å². The molecule has 0 unspecified atom stereocenters. The fourth-order valence-corrected chi connectivity index (χ4v) is 1.95. The molecule has 0 fully saturated rings. The van der Waals surface area contributed by atoms with Gasteiger partial charge >= 0.3 is 5.97 Å². The zero-order chi connectivity index (χ0) is 12.3. The molecule has 1 aromatic rings. The SMILES string of the molecule is C=CCCN1CCOc2c(C(=O)O)cccc21. The van der Waals surface area contributed by atoms with Crippen molar-refractivity contribution in [1.82, 2.24) is 0 Å². The number of rotatable bonds is 4. The Hall–Kier alpha value is -1.97. The molecule has 1 N–H and O–H groups in total. The average molecular weight is 233 g/mol. The van der Waals surface area contributed by atoms with E-state index in [1.54, 1.807) is 12.1 Å². The summed E-state index contributed by atoms with van der Waals surface area (Å²) in [6.07, 6.45) is 2.73. The lowest BCUT2D eigenvalue weighted by Crippen LogP contribution is -2.34. The Balaban J connectivity index is 2.35. The van der Waals surface area contributed by atoms with Crippen molar-refractivity contribution >= 4 is 11.7 Å². The van der Waals surface area contributed by atoms with Crippen LogP contribution in [0.1, 0.15) is 16.8 Å². The lowest BCUT2D eigenvalue weighted by molar-refractivity contribution is 0.0692. The van der Waals surface area contributed by atoms with Crippen LogP contribution in [0.4, 0.5) is 5.69 Å². The average Bonchev–Trinajstić information content (AvgIpc) is 2.35. The van der Waals surface area contributed by atoms with Crippen molar-refractivity contribution in [3.8, 4) is 5.75 Å². The van der Waals surface area contributed by atoms with Gasteiger partial charge in [-0.1, -0.05) is 12.1 Å². The third-order valence-corrected chi connectivity index (χ3v) is 2.78. The Morgan fingerprint density at radius 3 is 3.12 bits per heavy atom. The van der Waals surface area contributed by atoms with Gasteiger partial charge in [0.25, 0.3) is 0 Å². The van der Waals surface area contributed by atoms with Crippen LogP contribution in [0.2, 0.25) is 0 Å². The largest absolute Gasteiger partial charge is 0.489 e. The minimum Gasteiger partial charge on any atom is -0.489 e. The van der Waals surface area contributed by atoms with Crippen LogP contribution in [-0.4, -0.2) is 30.8 Å². The molecular formula is C13H15NO3. The highest BCUT2D eigenvalue weighted by molar-refractivity contribution is 5.93. The monoisotopic (exact) mass is 233 g/mol. The molecule has 0 saturated carbocycles. The smallest absolute Gasteiger partial charge is 0.339 e. The second-order valence-electron chi connectivity index (χ2n) is 3.87. The van der Waals surface area contributed by atoms with Gasteiger partial charge in [-0.15, -0.1) is 6.58 Å². The maximum absolute atomic E-state index is 11.1. The van der Waals surface area contributed by atoms with Crippen LogP contribution in [0.3, 0.4) is 0 Å². The Morgan fingerprint density at radius 1 is 1.59 bits per heavy atom. The van der Waals surface area contributed by atoms with Gasteiger partial charge in [0.1, 0.15) is 12.2 Å². The van der Waals surface area contributed by atoms with E-state index in [1.165, 1.54) is 0 Å². The number of aromatic carboxylic acids is 1. The lowest BCUT2D eigenvalue weighted by Gasteiger charge is -2.31. The van der Waals surface area contributed by atoms with Gasteiger partial charge in [0, 0.05) is 6.54 Å². The molecule has 0 saturated heterocycles. The topological polar surface area (TPSA) is 49.8 Å². The Labute approximate surface area is 100 Å².